The van der Waals surface area contributed by atoms with E-state index in [1.807, 2.05) is 0 Å². The van der Waals surface area contributed by atoms with Crippen molar-refractivity contribution in [2.45, 2.75) is 292 Å². The lowest BCUT2D eigenvalue weighted by molar-refractivity contribution is -0.295. The van der Waals surface area contributed by atoms with Crippen LogP contribution >= 0.6 is 23.2 Å². The van der Waals surface area contributed by atoms with E-state index in [1.54, 1.807) is 96.1 Å². The molecule has 0 saturated carbocycles. The second kappa shape index (κ2) is 53.8. The van der Waals surface area contributed by atoms with Crippen molar-refractivity contribution in [3.8, 4) is 17.2 Å². The molecule has 24 atom stereocenters. The number of carbonyl (C=O) groups excluding carboxylic acids is 15. The van der Waals surface area contributed by atoms with E-state index in [0.29, 0.717) is 0 Å². The van der Waals surface area contributed by atoms with E-state index in [4.69, 9.17) is 112 Å². The summed E-state index contributed by atoms with van der Waals surface area (Å²) in [6, 6.07) is 18.8. The normalized spacial score (nSPS) is 24.2. The molecule has 3 heterocycles. The predicted molar refractivity (Wildman–Crippen MR) is 439 cm³/mol. The summed E-state index contributed by atoms with van der Waals surface area (Å²) in [6.07, 6.45) is -36.3. The van der Waals surface area contributed by atoms with Gasteiger partial charge in [0, 0.05) is 83.1 Å². The lowest BCUT2D eigenvalue weighted by Gasteiger charge is -2.45. The summed E-state index contributed by atoms with van der Waals surface area (Å²) in [5, 5.41) is 7.23. The molecule has 0 radical (unpaired) electrons. The van der Waals surface area contributed by atoms with E-state index in [2.05, 4.69) is 15.3 Å². The number of hydrogen-bond donors (Lipinski definition) is 3. The smallest absolute Gasteiger partial charge is 0.461 e. The highest BCUT2D eigenvalue weighted by Crippen LogP contribution is 2.53. The van der Waals surface area contributed by atoms with Crippen molar-refractivity contribution in [1.29, 1.82) is 0 Å². The van der Waals surface area contributed by atoms with Gasteiger partial charge in [-0.1, -0.05) is 54.6 Å². The topological polar surface area (TPSA) is 565 Å². The molecule has 3 N–H and O–H groups in total. The van der Waals surface area contributed by atoms with Crippen LogP contribution in [0.5, 0.6) is 17.2 Å². The van der Waals surface area contributed by atoms with Crippen molar-refractivity contribution in [3.05, 3.63) is 91.0 Å². The fourth-order valence-electron chi connectivity index (χ4n) is 11.8. The summed E-state index contributed by atoms with van der Waals surface area (Å²) < 4.78 is 218. The van der Waals surface area contributed by atoms with Gasteiger partial charge in [0.1, 0.15) is 73.5 Å². The van der Waals surface area contributed by atoms with Gasteiger partial charge in [-0.25, -0.2) is 26.9 Å². The largest absolute Gasteiger partial charge is 0.463 e. The van der Waals surface area contributed by atoms with E-state index in [1.165, 1.54) is 57.2 Å². The van der Waals surface area contributed by atoms with Crippen LogP contribution in [-0.2, 0) is 184 Å². The molecule has 0 amide bonds. The molecule has 3 aliphatic rings. The van der Waals surface area contributed by atoms with Crippen LogP contribution in [0, 0.1) is 0 Å². The Morgan fingerprint density at radius 2 is 0.470 bits per heavy atom. The van der Waals surface area contributed by atoms with E-state index in [0.717, 1.165) is 83.1 Å². The summed E-state index contributed by atoms with van der Waals surface area (Å²) in [6.45, 7) is 22.7. The molecule has 0 aliphatic carbocycles. The zero-order valence-corrected chi connectivity index (χ0v) is 78.4. The zero-order chi connectivity index (χ0) is 99.6. The van der Waals surface area contributed by atoms with Crippen LogP contribution in [0.25, 0.3) is 0 Å². The van der Waals surface area contributed by atoms with E-state index in [9.17, 15) is 85.6 Å². The minimum Gasteiger partial charge on any atom is -0.463 e. The molecule has 0 spiro atoms. The quantitative estimate of drug-likeness (QED) is 0.0279. The zero-order valence-electron chi connectivity index (χ0n) is 75.8. The van der Waals surface area contributed by atoms with Crippen LogP contribution in [-0.4, -0.2) is 256 Å². The molecule has 3 fully saturated rings. The van der Waals surface area contributed by atoms with E-state index < -0.39 is 280 Å². The summed E-state index contributed by atoms with van der Waals surface area (Å²) in [5.74, 6) is -13.7. The number of ether oxygens (including phenoxy) is 18. The van der Waals surface area contributed by atoms with Crippen LogP contribution in [0.1, 0.15) is 145 Å². The van der Waals surface area contributed by atoms with Crippen molar-refractivity contribution in [2.24, 2.45) is 0 Å². The molecule has 3 saturated heterocycles. The molecule has 7 unspecified atom stereocenters. The van der Waals surface area contributed by atoms with Crippen molar-refractivity contribution in [3.63, 3.8) is 0 Å². The van der Waals surface area contributed by atoms with Crippen molar-refractivity contribution >= 4 is 113 Å². The molecule has 738 valence electrons. The number of nitrogens with one attached hydrogen (secondary N) is 3. The third-order valence-electron chi connectivity index (χ3n) is 16.5. The molecule has 3 aromatic carbocycles. The average Bonchev–Trinajstić information content (AvgIpc) is 0.776. The Kier molecular flexibility index (Phi) is 46.3. The van der Waals surface area contributed by atoms with Crippen LogP contribution in [0.2, 0.25) is 0 Å². The number of rotatable bonds is 42. The standard InChI is InChI=1S/3C27H37FNO14P/c3*1-14(2)37-26(34)15(3)29-44(35,42-20-11-9-8-10-12-20)43-27-25(40-19(7)33)24(39-18(6)32)23(38-17(5)31)22(41-27)21(28)13-36-16(4)30/h3*8-12,14-15,21-25,27H,13H2,1-7H3,(H,29,35)/t15-,21-,22?,23+,24?,25+,27-,44?;15-,21-,22?,23+,24?,25+,27-,44+;15-,21-,22?,23+,24?,25+,27-,44-/m000/s1. The first-order valence-electron chi connectivity index (χ1n) is 40.4. The van der Waals surface area contributed by atoms with Crippen molar-refractivity contribution in [2.75, 3.05) is 19.8 Å². The lowest BCUT2D eigenvalue weighted by atomic mass is 9.95. The lowest BCUT2D eigenvalue weighted by Crippen LogP contribution is -2.64. The third kappa shape index (κ3) is 39.6. The summed E-state index contributed by atoms with van der Waals surface area (Å²) >= 11 is 0. The van der Waals surface area contributed by atoms with Gasteiger partial charge in [-0.3, -0.25) is 85.5 Å². The Bertz CT molecular complexity index is 4080. The molecule has 3 aromatic rings. The summed E-state index contributed by atoms with van der Waals surface area (Å²) in [5.41, 5.74) is 0. The number of benzene rings is 3. The maximum Gasteiger partial charge on any atom is 0.461 e. The van der Waals surface area contributed by atoms with Crippen molar-refractivity contribution in [1.82, 2.24) is 15.3 Å². The van der Waals surface area contributed by atoms with Gasteiger partial charge < -0.3 is 98.8 Å². The molecule has 0 aromatic heterocycles. The Morgan fingerprint density at radius 1 is 0.288 bits per heavy atom. The fourth-order valence-corrected chi connectivity index (χ4v) is 16.5. The Morgan fingerprint density at radius 3 is 0.644 bits per heavy atom. The monoisotopic (exact) mass is 1950 g/mol. The molecule has 0 bridgehead atoms. The van der Waals surface area contributed by atoms with Crippen molar-refractivity contribution < 1.29 is 211 Å². The summed E-state index contributed by atoms with van der Waals surface area (Å²) in [7, 11) is -14.3. The fraction of sp³-hybridized carbons (Fsp3) is 0.593. The maximum absolute atomic E-state index is 15.6. The highest BCUT2D eigenvalue weighted by Gasteiger charge is 2.61. The van der Waals surface area contributed by atoms with E-state index in [-0.39, 0.29) is 17.2 Å². The first-order chi connectivity index (χ1) is 61.5. The number of hydrogen-bond acceptors (Lipinski definition) is 42. The molecular weight excluding hydrogens is 1840 g/mol. The molecule has 51 heteroatoms. The molecule has 132 heavy (non-hydrogen) atoms. The first kappa shape index (κ1) is 114. The van der Waals surface area contributed by atoms with Crippen LogP contribution in [0.15, 0.2) is 91.0 Å². The van der Waals surface area contributed by atoms with Crippen LogP contribution < -0.4 is 28.8 Å². The number of esters is 15. The van der Waals surface area contributed by atoms with Gasteiger partial charge in [-0.15, -0.1) is 0 Å². The molecule has 6 rings (SSSR count). The molecule has 45 nitrogen and oxygen atoms in total. The van der Waals surface area contributed by atoms with Crippen LogP contribution in [0.3, 0.4) is 0 Å². The Hall–Kier alpha value is -10.8. The molecule has 3 aliphatic heterocycles. The van der Waals surface area contributed by atoms with Gasteiger partial charge in [-0.05, 0) is 98.7 Å². The Balaban J connectivity index is 0.000000414. The third-order valence-corrected chi connectivity index (χ3v) is 21.4. The second-order valence-corrected chi connectivity index (χ2v) is 34.5. The van der Waals surface area contributed by atoms with Crippen LogP contribution in [0.4, 0.5) is 13.2 Å². The van der Waals surface area contributed by atoms with Gasteiger partial charge >= 0.3 is 113 Å². The highest BCUT2D eigenvalue weighted by atomic mass is 31.2. The predicted octanol–water partition coefficient (Wildman–Crippen LogP) is 7.62. The highest BCUT2D eigenvalue weighted by molar-refractivity contribution is 7.52. The minimum absolute atomic E-state index is 0.00305. The van der Waals surface area contributed by atoms with Gasteiger partial charge in [0.2, 0.25) is 18.9 Å². The number of halogens is 3. The second-order valence-electron chi connectivity index (χ2n) is 29.6. The number of para-hydroxylation sites is 3. The Labute approximate surface area is 756 Å². The average molecular weight is 1950 g/mol. The van der Waals surface area contributed by atoms with E-state index >= 15 is 13.2 Å². The first-order valence-corrected chi connectivity index (χ1v) is 45.0. The van der Waals surface area contributed by atoms with Gasteiger partial charge in [0.15, 0.2) is 73.5 Å². The SMILES string of the molecule is CC(=O)OC[C@H](F)C1O[C@@H](OP(=O)(N[C@@H](C)C(=O)OC(C)C)Oc2ccccc2)[C@H](OC(C)=O)C(OC(C)=O)[C@@H]1OC(C)=O.CC(=O)OC[C@H](F)C1O[C@@H](O[P@@](=O)(N[C@@H](C)C(=O)OC(C)C)Oc2ccccc2)[C@H](OC(C)=O)C(OC(C)=O)[C@@H]1OC(C)=O.CC(=O)OC[C@H](F)C1O[C@@H](O[P@](=O)(N[C@@H](C)C(=O)OC(C)C)Oc2ccccc2)[C@H](OC(C)=O)C(OC(C)=O)[C@@H]1OC(C)=O. The molecular formula is C81H111F3N3O42P3. The van der Waals surface area contributed by atoms with Gasteiger partial charge in [0.25, 0.3) is 0 Å². The maximum atomic E-state index is 15.6. The van der Waals surface area contributed by atoms with Gasteiger partial charge in [-0.2, -0.15) is 15.3 Å². The van der Waals surface area contributed by atoms with Gasteiger partial charge in [0.05, 0.1) is 18.3 Å². The number of alkyl halides is 3. The summed E-state index contributed by atoms with van der Waals surface area (Å²) in [4.78, 5) is 181. The minimum atomic E-state index is -4.76. The number of carbonyl (C=O) groups is 15.